The number of unbranched alkanes of at least 4 members (excludes halogenated alkanes) is 22. The predicted octanol–water partition coefficient (Wildman–Crippen LogP) is 12.6. The molecule has 0 amide bonds. The molecule has 0 bridgehead atoms. The van der Waals surface area contributed by atoms with Crippen LogP contribution in [0.2, 0.25) is 0 Å². The first-order valence-electron chi connectivity index (χ1n) is 20.2. The van der Waals surface area contributed by atoms with Crippen LogP contribution in [0.5, 0.6) is 0 Å². The van der Waals surface area contributed by atoms with Crippen molar-refractivity contribution in [2.24, 2.45) is 0 Å². The lowest BCUT2D eigenvalue weighted by Crippen LogP contribution is -2.54. The highest BCUT2D eigenvalue weighted by atomic mass is 16.6. The Morgan fingerprint density at radius 3 is 1.11 bits per heavy atom. The molecule has 0 rings (SSSR count). The number of hydrogen-bond donors (Lipinski definition) is 0. The third-order valence-corrected chi connectivity index (χ3v) is 9.02. The smallest absolute Gasteiger partial charge is 0.310 e. The monoisotopic (exact) mass is 663 g/mol. The molecule has 0 unspecified atom stereocenters. The van der Waals surface area contributed by atoms with E-state index in [4.69, 9.17) is 9.47 Å². The Morgan fingerprint density at radius 1 is 0.468 bits per heavy atom. The highest BCUT2D eigenvalue weighted by molar-refractivity contribution is 5.70. The van der Waals surface area contributed by atoms with Crippen molar-refractivity contribution in [3.8, 4) is 0 Å². The van der Waals surface area contributed by atoms with Gasteiger partial charge < -0.3 is 9.47 Å². The Morgan fingerprint density at radius 2 is 0.766 bits per heavy atom. The zero-order chi connectivity index (χ0) is 34.9. The molecule has 5 nitrogen and oxygen atoms in total. The van der Waals surface area contributed by atoms with Gasteiger partial charge in [-0.05, 0) is 71.1 Å². The van der Waals surface area contributed by atoms with Crippen molar-refractivity contribution in [3.63, 3.8) is 0 Å². The maximum Gasteiger partial charge on any atom is 0.310 e. The summed E-state index contributed by atoms with van der Waals surface area (Å²) in [5, 5.41) is 0. The second-order valence-corrected chi connectivity index (χ2v) is 14.9. The molecule has 0 N–H and O–H groups in total. The second kappa shape index (κ2) is 32.9. The van der Waals surface area contributed by atoms with E-state index in [1.54, 1.807) is 0 Å². The number of nitrogens with zero attached hydrogens (tertiary/aromatic N) is 1. The first-order chi connectivity index (χ1) is 22.7. The summed E-state index contributed by atoms with van der Waals surface area (Å²) >= 11 is 0. The van der Waals surface area contributed by atoms with E-state index in [1.807, 2.05) is 28.1 Å². The first kappa shape index (κ1) is 45.4. The summed E-state index contributed by atoms with van der Waals surface area (Å²) in [6.45, 7) is 6.38. The van der Waals surface area contributed by atoms with E-state index in [2.05, 4.69) is 38.2 Å². The van der Waals surface area contributed by atoms with E-state index in [-0.39, 0.29) is 11.9 Å². The maximum atomic E-state index is 12.7. The lowest BCUT2D eigenvalue weighted by molar-refractivity contribution is -0.920. The third kappa shape index (κ3) is 31.4. The second-order valence-electron chi connectivity index (χ2n) is 14.9. The number of esters is 2. The SMILES string of the molecule is CCCCCCCC/C=C\CCCCCCCC(=O)O[C@@H](C)[C@@H](OC(=O)CCCCCCC/C=C\CCCCCCCC)[N+](C)(C)C. The molecule has 47 heavy (non-hydrogen) atoms. The quantitative estimate of drug-likeness (QED) is 0.0226. The number of quaternary nitrogens is 1. The van der Waals surface area contributed by atoms with Gasteiger partial charge in [0.2, 0.25) is 0 Å². The Bertz CT molecular complexity index is 769. The van der Waals surface area contributed by atoms with Gasteiger partial charge in [0, 0.05) is 12.8 Å². The number of rotatable bonds is 34. The summed E-state index contributed by atoms with van der Waals surface area (Å²) in [5.74, 6) is -0.386. The Labute approximate surface area is 293 Å². The van der Waals surface area contributed by atoms with Gasteiger partial charge in [0.15, 0.2) is 6.10 Å². The Balaban J connectivity index is 3.95. The van der Waals surface area contributed by atoms with E-state index in [9.17, 15) is 9.59 Å². The lowest BCUT2D eigenvalue weighted by Gasteiger charge is -2.36. The van der Waals surface area contributed by atoms with Crippen LogP contribution in [-0.2, 0) is 19.1 Å². The normalized spacial score (nSPS) is 13.4. The van der Waals surface area contributed by atoms with Crippen molar-refractivity contribution in [2.45, 2.75) is 213 Å². The van der Waals surface area contributed by atoms with Crippen LogP contribution < -0.4 is 0 Å². The van der Waals surface area contributed by atoms with Crippen LogP contribution in [0.25, 0.3) is 0 Å². The predicted molar refractivity (Wildman–Crippen MR) is 202 cm³/mol. The summed E-state index contributed by atoms with van der Waals surface area (Å²) in [5.41, 5.74) is 0. The fourth-order valence-electron chi connectivity index (χ4n) is 6.08. The molecular weight excluding hydrogens is 582 g/mol. The van der Waals surface area contributed by atoms with Gasteiger partial charge in [-0.25, -0.2) is 0 Å². The van der Waals surface area contributed by atoms with Crippen LogP contribution >= 0.6 is 0 Å². The minimum Gasteiger partial charge on any atom is -0.452 e. The molecule has 0 radical (unpaired) electrons. The summed E-state index contributed by atoms with van der Waals surface area (Å²) < 4.78 is 12.0. The molecule has 0 fully saturated rings. The molecule has 0 aromatic carbocycles. The average Bonchev–Trinajstić information content (AvgIpc) is 3.03. The molecule has 0 aromatic heterocycles. The Hall–Kier alpha value is -1.62. The van der Waals surface area contributed by atoms with Crippen LogP contribution in [-0.4, -0.2) is 49.9 Å². The molecule has 2 atom stereocenters. The fourth-order valence-corrected chi connectivity index (χ4v) is 6.08. The number of likely N-dealkylation sites (N-methyl/N-ethyl adjacent to an activating group) is 1. The number of allylic oxidation sites excluding steroid dienone is 4. The van der Waals surface area contributed by atoms with Crippen LogP contribution in [0.1, 0.15) is 201 Å². The summed E-state index contributed by atoms with van der Waals surface area (Å²) in [6, 6.07) is 0. The largest absolute Gasteiger partial charge is 0.452 e. The molecular formula is C42H80NO4+. The lowest BCUT2D eigenvalue weighted by atomic mass is 10.1. The molecule has 0 aliphatic rings. The molecule has 0 aromatic rings. The zero-order valence-electron chi connectivity index (χ0n) is 32.3. The molecule has 0 saturated heterocycles. The summed E-state index contributed by atoms with van der Waals surface area (Å²) in [4.78, 5) is 25.2. The molecule has 0 aliphatic carbocycles. The summed E-state index contributed by atoms with van der Waals surface area (Å²) in [6.07, 6.45) is 41.3. The van der Waals surface area contributed by atoms with Crippen molar-refractivity contribution in [1.29, 1.82) is 0 Å². The van der Waals surface area contributed by atoms with E-state index in [0.717, 1.165) is 51.4 Å². The molecule has 0 spiro atoms. The molecule has 0 saturated carbocycles. The fraction of sp³-hybridized carbons (Fsp3) is 0.857. The number of carbonyl (C=O) groups excluding carboxylic acids is 2. The minimum atomic E-state index is -0.510. The van der Waals surface area contributed by atoms with Gasteiger partial charge >= 0.3 is 11.9 Å². The average molecular weight is 663 g/mol. The summed E-state index contributed by atoms with van der Waals surface area (Å²) in [7, 11) is 5.94. The standard InChI is InChI=1S/C42H80NO4/c1-7-9-11-13-15-17-19-21-23-25-27-29-31-33-35-37-40(44)46-39(3)42(43(4,5)6)47-41(45)38-36-34-32-30-28-26-24-22-20-18-16-14-12-10-8-2/h21-24,39,42H,7-20,25-38H2,1-6H3/q+1/b23-21-,24-22-/t39-,42+/m0/s1. The number of hydrogen-bond acceptors (Lipinski definition) is 4. The maximum absolute atomic E-state index is 12.7. The van der Waals surface area contributed by atoms with E-state index < -0.39 is 12.3 Å². The molecule has 0 aliphatic heterocycles. The van der Waals surface area contributed by atoms with Gasteiger partial charge in [-0.2, -0.15) is 0 Å². The van der Waals surface area contributed by atoms with Crippen molar-refractivity contribution in [2.75, 3.05) is 21.1 Å². The van der Waals surface area contributed by atoms with Crippen LogP contribution in [0.3, 0.4) is 0 Å². The van der Waals surface area contributed by atoms with Crippen molar-refractivity contribution in [3.05, 3.63) is 24.3 Å². The van der Waals surface area contributed by atoms with E-state index in [1.165, 1.54) is 116 Å². The molecule has 0 heterocycles. The van der Waals surface area contributed by atoms with Gasteiger partial charge in [0.05, 0.1) is 21.1 Å². The topological polar surface area (TPSA) is 52.6 Å². The third-order valence-electron chi connectivity index (χ3n) is 9.02. The van der Waals surface area contributed by atoms with E-state index >= 15 is 0 Å². The number of ether oxygens (including phenoxy) is 2. The van der Waals surface area contributed by atoms with Gasteiger partial charge in [-0.3, -0.25) is 14.1 Å². The Kier molecular flexibility index (Phi) is 31.8. The van der Waals surface area contributed by atoms with Crippen LogP contribution in [0.15, 0.2) is 24.3 Å². The highest BCUT2D eigenvalue weighted by Crippen LogP contribution is 2.18. The first-order valence-corrected chi connectivity index (χ1v) is 20.2. The van der Waals surface area contributed by atoms with E-state index in [0.29, 0.717) is 17.3 Å². The van der Waals surface area contributed by atoms with Crippen LogP contribution in [0, 0.1) is 0 Å². The van der Waals surface area contributed by atoms with Crippen molar-refractivity contribution < 1.29 is 23.5 Å². The van der Waals surface area contributed by atoms with Crippen LogP contribution in [0.4, 0.5) is 0 Å². The van der Waals surface area contributed by atoms with Gasteiger partial charge in [-0.15, -0.1) is 0 Å². The molecule has 5 heteroatoms. The number of carbonyl (C=O) groups is 2. The van der Waals surface area contributed by atoms with Crippen molar-refractivity contribution >= 4 is 11.9 Å². The minimum absolute atomic E-state index is 0.193. The zero-order valence-corrected chi connectivity index (χ0v) is 32.3. The van der Waals surface area contributed by atoms with Crippen molar-refractivity contribution in [1.82, 2.24) is 0 Å². The molecule has 276 valence electrons. The highest BCUT2D eigenvalue weighted by Gasteiger charge is 2.36. The van der Waals surface area contributed by atoms with Gasteiger partial charge in [0.1, 0.15) is 0 Å². The van der Waals surface area contributed by atoms with Gasteiger partial charge in [0.25, 0.3) is 6.23 Å². The van der Waals surface area contributed by atoms with Gasteiger partial charge in [-0.1, -0.05) is 141 Å².